The van der Waals surface area contributed by atoms with E-state index in [1.807, 2.05) is 43.8 Å². The first-order chi connectivity index (χ1) is 14.0. The van der Waals surface area contributed by atoms with Crippen molar-refractivity contribution in [2.24, 2.45) is 7.05 Å². The van der Waals surface area contributed by atoms with Gasteiger partial charge < -0.3 is 9.47 Å². The van der Waals surface area contributed by atoms with Gasteiger partial charge in [-0.05, 0) is 38.1 Å². The van der Waals surface area contributed by atoms with Crippen molar-refractivity contribution < 1.29 is 9.47 Å². The van der Waals surface area contributed by atoms with E-state index in [0.717, 1.165) is 50.6 Å². The molecule has 0 atom stereocenters. The number of methoxy groups -OCH3 is 2. The van der Waals surface area contributed by atoms with E-state index in [4.69, 9.17) is 14.5 Å². The van der Waals surface area contributed by atoms with Gasteiger partial charge in [0, 0.05) is 42.7 Å². The van der Waals surface area contributed by atoms with Gasteiger partial charge in [-0.3, -0.25) is 14.6 Å². The molecule has 0 fully saturated rings. The number of fused-ring (bicyclic) bond motifs is 1. The van der Waals surface area contributed by atoms with Crippen molar-refractivity contribution in [2.45, 2.75) is 20.5 Å². The predicted octanol–water partition coefficient (Wildman–Crippen LogP) is 3.86. The summed E-state index contributed by atoms with van der Waals surface area (Å²) in [5.41, 5.74) is 7.09. The van der Waals surface area contributed by atoms with Crippen LogP contribution in [0, 0.1) is 13.8 Å². The molecule has 0 radical (unpaired) electrons. The summed E-state index contributed by atoms with van der Waals surface area (Å²) in [7, 11) is 5.25. The maximum absolute atomic E-state index is 5.45. The predicted molar refractivity (Wildman–Crippen MR) is 112 cm³/mol. The van der Waals surface area contributed by atoms with Crippen molar-refractivity contribution >= 4 is 11.0 Å². The molecule has 7 nitrogen and oxygen atoms in total. The minimum atomic E-state index is 0.457. The molecule has 4 aromatic rings. The second-order valence-electron chi connectivity index (χ2n) is 6.97. The minimum absolute atomic E-state index is 0.457. The van der Waals surface area contributed by atoms with Crippen molar-refractivity contribution in [3.05, 3.63) is 53.6 Å². The molecule has 0 N–H and O–H groups in total. The summed E-state index contributed by atoms with van der Waals surface area (Å²) in [6.07, 6.45) is 3.57. The number of nitrogens with zero attached hydrogens (tertiary/aromatic N) is 5. The van der Waals surface area contributed by atoms with Gasteiger partial charge in [0.15, 0.2) is 5.65 Å². The largest absolute Gasteiger partial charge is 0.496 e. The maximum Gasteiger partial charge on any atom is 0.182 e. The third kappa shape index (κ3) is 3.45. The van der Waals surface area contributed by atoms with Gasteiger partial charge in [-0.2, -0.15) is 5.10 Å². The molecular weight excluding hydrogens is 366 g/mol. The number of aromatic nitrogens is 5. The quantitative estimate of drug-likeness (QED) is 0.516. The Morgan fingerprint density at radius 3 is 2.52 bits per heavy atom. The Labute approximate surface area is 169 Å². The SMILES string of the molecule is COCc1cc(-c2cc(-c3cnc(C)cn3)c3c(C)n(C)nc3n2)ccc1OC. The van der Waals surface area contributed by atoms with E-state index in [1.54, 1.807) is 26.6 Å². The Morgan fingerprint density at radius 2 is 1.83 bits per heavy atom. The highest BCUT2D eigenvalue weighted by Crippen LogP contribution is 2.34. The van der Waals surface area contributed by atoms with E-state index in [-0.39, 0.29) is 0 Å². The molecule has 0 amide bonds. The minimum Gasteiger partial charge on any atom is -0.496 e. The van der Waals surface area contributed by atoms with Crippen molar-refractivity contribution in [2.75, 3.05) is 14.2 Å². The number of aryl methyl sites for hydroxylation is 3. The molecule has 29 heavy (non-hydrogen) atoms. The molecule has 148 valence electrons. The van der Waals surface area contributed by atoms with Crippen LogP contribution in [0.15, 0.2) is 36.7 Å². The summed E-state index contributed by atoms with van der Waals surface area (Å²) in [5, 5.41) is 5.59. The fourth-order valence-electron chi connectivity index (χ4n) is 3.43. The Hall–Kier alpha value is -3.32. The van der Waals surface area contributed by atoms with Gasteiger partial charge in [0.2, 0.25) is 0 Å². The molecule has 3 heterocycles. The fraction of sp³-hybridized carbons (Fsp3) is 0.273. The number of ether oxygens (including phenoxy) is 2. The number of hydrogen-bond acceptors (Lipinski definition) is 6. The average Bonchev–Trinajstić information content (AvgIpc) is 3.02. The van der Waals surface area contributed by atoms with E-state index >= 15 is 0 Å². The molecule has 0 saturated carbocycles. The summed E-state index contributed by atoms with van der Waals surface area (Å²) in [5.74, 6) is 0.787. The summed E-state index contributed by atoms with van der Waals surface area (Å²) < 4.78 is 12.6. The molecule has 0 aliphatic carbocycles. The summed E-state index contributed by atoms with van der Waals surface area (Å²) >= 11 is 0. The highest BCUT2D eigenvalue weighted by molar-refractivity contribution is 5.95. The second kappa shape index (κ2) is 7.60. The number of benzene rings is 1. The third-order valence-electron chi connectivity index (χ3n) is 5.03. The molecule has 0 spiro atoms. The average molecular weight is 389 g/mol. The van der Waals surface area contributed by atoms with Crippen LogP contribution in [0.1, 0.15) is 17.0 Å². The van der Waals surface area contributed by atoms with Gasteiger partial charge in [-0.15, -0.1) is 0 Å². The van der Waals surface area contributed by atoms with Crippen LogP contribution in [0.4, 0.5) is 0 Å². The lowest BCUT2D eigenvalue weighted by Crippen LogP contribution is -1.96. The molecule has 0 unspecified atom stereocenters. The van der Waals surface area contributed by atoms with Crippen molar-refractivity contribution in [1.82, 2.24) is 24.7 Å². The molecule has 1 aromatic carbocycles. The summed E-state index contributed by atoms with van der Waals surface area (Å²) in [6, 6.07) is 8.02. The van der Waals surface area contributed by atoms with E-state index in [1.165, 1.54) is 0 Å². The van der Waals surface area contributed by atoms with E-state index < -0.39 is 0 Å². The normalized spacial score (nSPS) is 11.2. The number of hydrogen-bond donors (Lipinski definition) is 0. The Kier molecular flexibility index (Phi) is 4.98. The monoisotopic (exact) mass is 389 g/mol. The van der Waals surface area contributed by atoms with Crippen molar-refractivity contribution in [1.29, 1.82) is 0 Å². The van der Waals surface area contributed by atoms with E-state index in [9.17, 15) is 0 Å². The van der Waals surface area contributed by atoms with E-state index in [2.05, 4.69) is 21.1 Å². The zero-order valence-electron chi connectivity index (χ0n) is 17.2. The molecule has 0 aliphatic heterocycles. The first kappa shape index (κ1) is 19.0. The molecular formula is C22H23N5O2. The smallest absolute Gasteiger partial charge is 0.182 e. The maximum atomic E-state index is 5.45. The lowest BCUT2D eigenvalue weighted by molar-refractivity contribution is 0.181. The van der Waals surface area contributed by atoms with Gasteiger partial charge in [0.1, 0.15) is 5.75 Å². The fourth-order valence-corrected chi connectivity index (χ4v) is 3.43. The summed E-state index contributed by atoms with van der Waals surface area (Å²) in [6.45, 7) is 4.42. The van der Waals surface area contributed by atoms with Crippen molar-refractivity contribution in [3.63, 3.8) is 0 Å². The zero-order chi connectivity index (χ0) is 20.5. The highest BCUT2D eigenvalue weighted by Gasteiger charge is 2.17. The lowest BCUT2D eigenvalue weighted by atomic mass is 10.0. The Balaban J connectivity index is 1.95. The van der Waals surface area contributed by atoms with Crippen LogP contribution in [0.2, 0.25) is 0 Å². The van der Waals surface area contributed by atoms with Gasteiger partial charge >= 0.3 is 0 Å². The van der Waals surface area contributed by atoms with Crippen LogP contribution >= 0.6 is 0 Å². The van der Waals surface area contributed by atoms with E-state index in [0.29, 0.717) is 12.3 Å². The van der Waals surface area contributed by atoms with Crippen LogP contribution in [0.3, 0.4) is 0 Å². The zero-order valence-corrected chi connectivity index (χ0v) is 17.2. The lowest BCUT2D eigenvalue weighted by Gasteiger charge is -2.11. The van der Waals surface area contributed by atoms with Crippen LogP contribution in [0.5, 0.6) is 5.75 Å². The first-order valence-electron chi connectivity index (χ1n) is 9.31. The molecule has 0 saturated heterocycles. The van der Waals surface area contributed by atoms with Gasteiger partial charge in [-0.25, -0.2) is 4.98 Å². The highest BCUT2D eigenvalue weighted by atomic mass is 16.5. The Morgan fingerprint density at radius 1 is 1.00 bits per heavy atom. The van der Waals surface area contributed by atoms with Crippen LogP contribution < -0.4 is 4.74 Å². The third-order valence-corrected chi connectivity index (χ3v) is 5.03. The first-order valence-corrected chi connectivity index (χ1v) is 9.31. The topological polar surface area (TPSA) is 75.0 Å². The summed E-state index contributed by atoms with van der Waals surface area (Å²) in [4.78, 5) is 13.8. The van der Waals surface area contributed by atoms with Gasteiger partial charge in [0.05, 0.1) is 42.4 Å². The molecule has 0 aliphatic rings. The molecule has 7 heteroatoms. The molecule has 3 aromatic heterocycles. The Bertz CT molecular complexity index is 1180. The van der Waals surface area contributed by atoms with Crippen LogP contribution in [-0.2, 0) is 18.4 Å². The standard InChI is InChI=1S/C22H23N5O2/c1-13-10-24-19(11-23-13)17-9-18(25-22-21(17)14(2)27(3)26-22)15-6-7-20(29-5)16(8-15)12-28-4/h6-11H,12H2,1-5H3. The second-order valence-corrected chi connectivity index (χ2v) is 6.97. The number of rotatable bonds is 5. The molecule has 0 bridgehead atoms. The van der Waals surface area contributed by atoms with Gasteiger partial charge in [0.25, 0.3) is 0 Å². The van der Waals surface area contributed by atoms with Crippen LogP contribution in [0.25, 0.3) is 33.5 Å². The van der Waals surface area contributed by atoms with Crippen LogP contribution in [-0.4, -0.2) is 39.0 Å². The number of pyridine rings is 1. The van der Waals surface area contributed by atoms with Gasteiger partial charge in [-0.1, -0.05) is 0 Å². The van der Waals surface area contributed by atoms with Crippen molar-refractivity contribution in [3.8, 4) is 28.3 Å². The molecule has 4 rings (SSSR count).